The van der Waals surface area contributed by atoms with Crippen LogP contribution in [-0.2, 0) is 11.2 Å². The molecule has 15 heavy (non-hydrogen) atoms. The Morgan fingerprint density at radius 2 is 1.47 bits per heavy atom. The summed E-state index contributed by atoms with van der Waals surface area (Å²) in [6.07, 6.45) is 0.523. The topological polar surface area (TPSA) is 33.1 Å². The highest BCUT2D eigenvalue weighted by atomic mass is 16.5. The van der Waals surface area contributed by atoms with Gasteiger partial charge in [0.15, 0.2) is 5.90 Å². The Hall–Kier alpha value is -1.83. The molecule has 0 radical (unpaired) electrons. The largest absolute Gasteiger partial charge is 0.484 e. The van der Waals surface area contributed by atoms with Crippen molar-refractivity contribution in [1.29, 1.82) is 5.41 Å². The molecule has 2 nitrogen and oxygen atoms in total. The van der Waals surface area contributed by atoms with E-state index in [4.69, 9.17) is 10.1 Å². The lowest BCUT2D eigenvalue weighted by atomic mass is 10.2. The zero-order chi connectivity index (χ0) is 10.9. The van der Waals surface area contributed by atoms with Crippen LogP contribution in [0.15, 0.2) is 54.6 Å². The average Bonchev–Trinajstić information content (AvgIpc) is 2.27. The molecule has 0 bridgehead atoms. The molecule has 0 saturated carbocycles. The van der Waals surface area contributed by atoms with Crippen molar-refractivity contribution in [1.82, 2.24) is 0 Å². The van der Waals surface area contributed by atoms with Gasteiger partial charge in [0, 0.05) is 6.42 Å². The summed E-state index contributed by atoms with van der Waals surface area (Å²) in [6.45, 7) is 0. The summed E-state index contributed by atoms with van der Waals surface area (Å²) >= 11 is 0. The highest BCUT2D eigenvalue weighted by Crippen LogP contribution is 1.98. The summed E-state index contributed by atoms with van der Waals surface area (Å²) in [5.41, 5.74) is 1.05. The first kappa shape index (κ1) is 11.2. The Bertz CT molecular complexity index is 348. The van der Waals surface area contributed by atoms with E-state index in [2.05, 4.69) is 0 Å². The van der Waals surface area contributed by atoms with Crippen LogP contribution in [0.3, 0.4) is 0 Å². The summed E-state index contributed by atoms with van der Waals surface area (Å²) in [4.78, 5) is 0. The molecule has 0 aliphatic carbocycles. The van der Waals surface area contributed by atoms with E-state index in [1.165, 1.54) is 7.11 Å². The Morgan fingerprint density at radius 3 is 1.93 bits per heavy atom. The first-order chi connectivity index (χ1) is 7.33. The second-order valence-electron chi connectivity index (χ2n) is 3.06. The lowest BCUT2D eigenvalue weighted by Crippen LogP contribution is -2.02. The number of hydrogen-bond acceptors (Lipinski definition) is 2. The van der Waals surface area contributed by atoms with Crippen molar-refractivity contribution >= 4 is 5.90 Å². The molecule has 0 aliphatic rings. The fourth-order valence-corrected chi connectivity index (χ4v) is 1.11. The number of nitrogens with one attached hydrogen (secondary N) is 1. The Morgan fingerprint density at radius 1 is 1.00 bits per heavy atom. The maximum atomic E-state index is 7.44. The molecule has 0 saturated heterocycles. The van der Waals surface area contributed by atoms with Gasteiger partial charge in [-0.25, -0.2) is 0 Å². The van der Waals surface area contributed by atoms with Crippen molar-refractivity contribution in [3.05, 3.63) is 60.2 Å². The van der Waals surface area contributed by atoms with Gasteiger partial charge in [0.1, 0.15) is 0 Å². The lowest BCUT2D eigenvalue weighted by Gasteiger charge is -1.99. The van der Waals surface area contributed by atoms with Crippen molar-refractivity contribution in [2.45, 2.75) is 6.42 Å². The van der Waals surface area contributed by atoms with E-state index in [1.54, 1.807) is 0 Å². The molecule has 1 rings (SSSR count). The quantitative estimate of drug-likeness (QED) is 0.579. The van der Waals surface area contributed by atoms with Crippen LogP contribution in [0.1, 0.15) is 5.56 Å². The second-order valence-corrected chi connectivity index (χ2v) is 3.06. The van der Waals surface area contributed by atoms with Crippen molar-refractivity contribution in [3.63, 3.8) is 0 Å². The van der Waals surface area contributed by atoms with Crippen LogP contribution >= 0.6 is 0 Å². The molecule has 0 spiro atoms. The van der Waals surface area contributed by atoms with E-state index in [-0.39, 0.29) is 5.90 Å². The predicted molar refractivity (Wildman–Crippen MR) is 62.5 cm³/mol. The van der Waals surface area contributed by atoms with Gasteiger partial charge in [-0.1, -0.05) is 54.6 Å². The van der Waals surface area contributed by atoms with Crippen molar-refractivity contribution in [2.75, 3.05) is 7.11 Å². The van der Waals surface area contributed by atoms with E-state index < -0.39 is 0 Å². The fourth-order valence-electron chi connectivity index (χ4n) is 1.11. The summed E-state index contributed by atoms with van der Waals surface area (Å²) in [5, 5.41) is 7.44. The van der Waals surface area contributed by atoms with Crippen LogP contribution in [0.5, 0.6) is 0 Å². The molecule has 1 aromatic carbocycles. The van der Waals surface area contributed by atoms with E-state index in [0.29, 0.717) is 6.42 Å². The highest BCUT2D eigenvalue weighted by Gasteiger charge is 1.94. The Kier molecular flexibility index (Phi) is 4.95. The van der Waals surface area contributed by atoms with Gasteiger partial charge in [-0.05, 0) is 5.56 Å². The Balaban J connectivity index is 2.93. The number of methoxy groups -OCH3 is 1. The zero-order valence-corrected chi connectivity index (χ0v) is 8.81. The minimum Gasteiger partial charge on any atom is -0.484 e. The highest BCUT2D eigenvalue weighted by molar-refractivity contribution is 5.75. The molecular formula is C13H15NO. The molecule has 0 aromatic heterocycles. The standard InChI is InChI=1S/C13H15NO/c1-15-13(14)11-12-9-7-5-3-2-4-6-8-10-12/h2-10,14H,11H2,1H3. The molecule has 0 amide bonds. The van der Waals surface area contributed by atoms with E-state index in [9.17, 15) is 0 Å². The third-order valence-corrected chi connectivity index (χ3v) is 1.90. The van der Waals surface area contributed by atoms with E-state index in [1.807, 2.05) is 54.6 Å². The zero-order valence-electron chi connectivity index (χ0n) is 8.81. The smallest absolute Gasteiger partial charge is 0.184 e. The van der Waals surface area contributed by atoms with Crippen LogP contribution in [0.25, 0.3) is 0 Å². The van der Waals surface area contributed by atoms with Crippen LogP contribution in [-0.4, -0.2) is 13.0 Å². The molecule has 0 heterocycles. The number of rotatable bonds is 2. The van der Waals surface area contributed by atoms with Gasteiger partial charge in [0.05, 0.1) is 7.11 Å². The SMILES string of the molecule is COC(=N)Cc1ccccccccc1. The molecule has 0 aliphatic heterocycles. The molecule has 2 heteroatoms. The van der Waals surface area contributed by atoms with Gasteiger partial charge in [-0.15, -0.1) is 0 Å². The summed E-state index contributed by atoms with van der Waals surface area (Å²) in [7, 11) is 1.52. The van der Waals surface area contributed by atoms with Crippen LogP contribution < -0.4 is 0 Å². The molecule has 1 N–H and O–H groups in total. The van der Waals surface area contributed by atoms with Crippen LogP contribution in [0.4, 0.5) is 0 Å². The van der Waals surface area contributed by atoms with Crippen LogP contribution in [0.2, 0.25) is 0 Å². The first-order valence-corrected chi connectivity index (χ1v) is 4.81. The van der Waals surface area contributed by atoms with Crippen LogP contribution in [0, 0.1) is 5.41 Å². The Labute approximate surface area is 90.4 Å². The third-order valence-electron chi connectivity index (χ3n) is 1.90. The van der Waals surface area contributed by atoms with Crippen molar-refractivity contribution in [3.8, 4) is 0 Å². The lowest BCUT2D eigenvalue weighted by molar-refractivity contribution is 0.390. The van der Waals surface area contributed by atoms with Gasteiger partial charge in [-0.3, -0.25) is 5.41 Å². The third kappa shape index (κ3) is 4.81. The van der Waals surface area contributed by atoms with Gasteiger partial charge in [0.2, 0.25) is 0 Å². The molecular weight excluding hydrogens is 186 g/mol. The van der Waals surface area contributed by atoms with Gasteiger partial charge >= 0.3 is 0 Å². The average molecular weight is 201 g/mol. The second kappa shape index (κ2) is 6.60. The number of ether oxygens (including phenoxy) is 1. The summed E-state index contributed by atoms with van der Waals surface area (Å²) in [6, 6.07) is 17.7. The van der Waals surface area contributed by atoms with Crippen molar-refractivity contribution in [2.24, 2.45) is 0 Å². The molecule has 0 unspecified atom stereocenters. The van der Waals surface area contributed by atoms with Gasteiger partial charge < -0.3 is 4.74 Å². The molecule has 0 fully saturated rings. The fraction of sp³-hybridized carbons (Fsp3) is 0.154. The van der Waals surface area contributed by atoms with Gasteiger partial charge in [-0.2, -0.15) is 0 Å². The number of hydrogen-bond donors (Lipinski definition) is 1. The maximum Gasteiger partial charge on any atom is 0.184 e. The van der Waals surface area contributed by atoms with Gasteiger partial charge in [0.25, 0.3) is 0 Å². The van der Waals surface area contributed by atoms with Crippen molar-refractivity contribution < 1.29 is 4.74 Å². The van der Waals surface area contributed by atoms with E-state index in [0.717, 1.165) is 5.56 Å². The normalized spacial score (nSPS) is 8.87. The predicted octanol–water partition coefficient (Wildman–Crippen LogP) is 2.98. The first-order valence-electron chi connectivity index (χ1n) is 4.81. The monoisotopic (exact) mass is 201 g/mol. The minimum atomic E-state index is 0.274. The maximum absolute atomic E-state index is 7.44. The minimum absolute atomic E-state index is 0.274. The summed E-state index contributed by atoms with van der Waals surface area (Å²) in [5.74, 6) is 0.274. The molecule has 78 valence electrons. The molecule has 1 aromatic rings. The summed E-state index contributed by atoms with van der Waals surface area (Å²) < 4.78 is 4.83. The molecule has 0 atom stereocenters. The van der Waals surface area contributed by atoms with E-state index >= 15 is 0 Å².